The minimum absolute atomic E-state index is 0.193. The van der Waals surface area contributed by atoms with Gasteiger partial charge in [0.1, 0.15) is 0 Å². The van der Waals surface area contributed by atoms with Crippen LogP contribution in [0.3, 0.4) is 0 Å². The molecule has 1 fully saturated rings. The van der Waals surface area contributed by atoms with Crippen molar-refractivity contribution in [2.75, 3.05) is 13.7 Å². The zero-order valence-electron chi connectivity index (χ0n) is 8.03. The van der Waals surface area contributed by atoms with Gasteiger partial charge in [0.15, 0.2) is 11.6 Å². The van der Waals surface area contributed by atoms with Crippen LogP contribution in [0.5, 0.6) is 5.75 Å². The Kier molecular flexibility index (Phi) is 2.42. The Hall–Kier alpha value is -1.09. The SMILES string of the molecule is COc1ccc([C@H]2C[C@@H]2CO)cc1F. The molecule has 2 nitrogen and oxygen atoms in total. The summed E-state index contributed by atoms with van der Waals surface area (Å²) in [7, 11) is 1.45. The lowest BCUT2D eigenvalue weighted by Gasteiger charge is -2.04. The maximum absolute atomic E-state index is 13.3. The lowest BCUT2D eigenvalue weighted by Crippen LogP contribution is -1.92. The van der Waals surface area contributed by atoms with Gasteiger partial charge >= 0.3 is 0 Å². The molecule has 1 aromatic carbocycles. The summed E-state index contributed by atoms with van der Waals surface area (Å²) in [4.78, 5) is 0. The van der Waals surface area contributed by atoms with Crippen LogP contribution in [0.2, 0.25) is 0 Å². The summed E-state index contributed by atoms with van der Waals surface area (Å²) in [6.45, 7) is 0.193. The van der Waals surface area contributed by atoms with E-state index >= 15 is 0 Å². The van der Waals surface area contributed by atoms with Crippen LogP contribution in [0.4, 0.5) is 4.39 Å². The fourth-order valence-corrected chi connectivity index (χ4v) is 1.77. The summed E-state index contributed by atoms with van der Waals surface area (Å²) >= 11 is 0. The molecule has 0 amide bonds. The monoisotopic (exact) mass is 196 g/mol. The number of aliphatic hydroxyl groups excluding tert-OH is 1. The first-order valence-electron chi connectivity index (χ1n) is 4.70. The molecule has 1 N–H and O–H groups in total. The van der Waals surface area contributed by atoms with E-state index in [1.165, 1.54) is 13.2 Å². The molecule has 1 aliphatic rings. The number of aliphatic hydroxyl groups is 1. The zero-order valence-corrected chi connectivity index (χ0v) is 8.03. The van der Waals surface area contributed by atoms with E-state index in [2.05, 4.69) is 0 Å². The molecule has 1 aliphatic carbocycles. The Morgan fingerprint density at radius 2 is 2.36 bits per heavy atom. The molecule has 0 saturated heterocycles. The first kappa shape index (κ1) is 9.46. The summed E-state index contributed by atoms with van der Waals surface area (Å²) in [5.41, 5.74) is 0.961. The molecular weight excluding hydrogens is 183 g/mol. The highest BCUT2D eigenvalue weighted by Gasteiger charge is 2.37. The Bertz CT molecular complexity index is 338. The van der Waals surface area contributed by atoms with Crippen LogP contribution >= 0.6 is 0 Å². The second-order valence-corrected chi connectivity index (χ2v) is 3.68. The molecular formula is C11H13FO2. The number of methoxy groups -OCH3 is 1. The van der Waals surface area contributed by atoms with E-state index in [0.717, 1.165) is 12.0 Å². The number of halogens is 1. The number of rotatable bonds is 3. The first-order chi connectivity index (χ1) is 6.76. The van der Waals surface area contributed by atoms with E-state index in [1.54, 1.807) is 6.07 Å². The summed E-state index contributed by atoms with van der Waals surface area (Å²) in [6, 6.07) is 5.00. The standard InChI is InChI=1S/C11H13FO2/c1-14-11-3-2-7(5-10(11)12)9-4-8(9)6-13/h2-3,5,8-9,13H,4,6H2,1H3/t8-,9-/m1/s1. The van der Waals surface area contributed by atoms with Gasteiger partial charge in [-0.3, -0.25) is 0 Å². The summed E-state index contributed by atoms with van der Waals surface area (Å²) < 4.78 is 18.1. The molecule has 0 aromatic heterocycles. The molecule has 0 bridgehead atoms. The fraction of sp³-hybridized carbons (Fsp3) is 0.455. The fourth-order valence-electron chi connectivity index (χ4n) is 1.77. The van der Waals surface area contributed by atoms with Crippen molar-refractivity contribution in [1.82, 2.24) is 0 Å². The van der Waals surface area contributed by atoms with Crippen molar-refractivity contribution in [3.05, 3.63) is 29.6 Å². The minimum Gasteiger partial charge on any atom is -0.494 e. The average Bonchev–Trinajstić information content (AvgIpc) is 2.96. The van der Waals surface area contributed by atoms with Gasteiger partial charge in [-0.05, 0) is 36.0 Å². The molecule has 0 aliphatic heterocycles. The van der Waals surface area contributed by atoms with E-state index in [4.69, 9.17) is 9.84 Å². The van der Waals surface area contributed by atoms with Crippen molar-refractivity contribution in [3.63, 3.8) is 0 Å². The second-order valence-electron chi connectivity index (χ2n) is 3.68. The summed E-state index contributed by atoms with van der Waals surface area (Å²) in [6.07, 6.45) is 0.961. The van der Waals surface area contributed by atoms with E-state index in [-0.39, 0.29) is 18.2 Å². The molecule has 0 unspecified atom stereocenters. The molecule has 1 saturated carbocycles. The topological polar surface area (TPSA) is 29.5 Å². The molecule has 2 rings (SSSR count). The third-order valence-corrected chi connectivity index (χ3v) is 2.76. The Morgan fingerprint density at radius 1 is 1.57 bits per heavy atom. The van der Waals surface area contributed by atoms with Crippen molar-refractivity contribution >= 4 is 0 Å². The van der Waals surface area contributed by atoms with E-state index in [0.29, 0.717) is 11.8 Å². The Labute approximate surface area is 82.3 Å². The van der Waals surface area contributed by atoms with Crippen LogP contribution in [0.15, 0.2) is 18.2 Å². The van der Waals surface area contributed by atoms with Crippen molar-refractivity contribution < 1.29 is 14.2 Å². The van der Waals surface area contributed by atoms with Gasteiger partial charge < -0.3 is 9.84 Å². The smallest absolute Gasteiger partial charge is 0.165 e. The zero-order chi connectivity index (χ0) is 10.1. The number of benzene rings is 1. The lowest BCUT2D eigenvalue weighted by atomic mass is 10.1. The van der Waals surface area contributed by atoms with E-state index in [9.17, 15) is 4.39 Å². The van der Waals surface area contributed by atoms with Crippen LogP contribution in [-0.2, 0) is 0 Å². The maximum Gasteiger partial charge on any atom is 0.165 e. The normalized spacial score (nSPS) is 24.8. The largest absolute Gasteiger partial charge is 0.494 e. The molecule has 3 heteroatoms. The highest BCUT2D eigenvalue weighted by molar-refractivity contribution is 5.34. The molecule has 76 valence electrons. The Balaban J connectivity index is 2.17. The van der Waals surface area contributed by atoms with Crippen LogP contribution in [-0.4, -0.2) is 18.8 Å². The predicted molar refractivity (Wildman–Crippen MR) is 50.9 cm³/mol. The van der Waals surface area contributed by atoms with Gasteiger partial charge in [-0.15, -0.1) is 0 Å². The number of hydrogen-bond donors (Lipinski definition) is 1. The highest BCUT2D eigenvalue weighted by atomic mass is 19.1. The molecule has 1 aromatic rings. The predicted octanol–water partition coefficient (Wildman–Crippen LogP) is 1.93. The van der Waals surface area contributed by atoms with Gasteiger partial charge in [0, 0.05) is 6.61 Å². The second kappa shape index (κ2) is 3.58. The number of hydrogen-bond acceptors (Lipinski definition) is 2. The van der Waals surface area contributed by atoms with Gasteiger partial charge in [0.05, 0.1) is 7.11 Å². The van der Waals surface area contributed by atoms with Crippen LogP contribution < -0.4 is 4.74 Å². The molecule has 0 spiro atoms. The lowest BCUT2D eigenvalue weighted by molar-refractivity contribution is 0.274. The average molecular weight is 196 g/mol. The first-order valence-corrected chi connectivity index (χ1v) is 4.70. The van der Waals surface area contributed by atoms with Crippen molar-refractivity contribution in [2.45, 2.75) is 12.3 Å². The van der Waals surface area contributed by atoms with E-state index in [1.807, 2.05) is 6.07 Å². The maximum atomic E-state index is 13.3. The van der Waals surface area contributed by atoms with Gasteiger partial charge in [-0.1, -0.05) is 6.07 Å². The molecule has 14 heavy (non-hydrogen) atoms. The number of ether oxygens (including phenoxy) is 1. The van der Waals surface area contributed by atoms with Crippen molar-refractivity contribution in [1.29, 1.82) is 0 Å². The summed E-state index contributed by atoms with van der Waals surface area (Å²) in [5, 5.41) is 8.89. The van der Waals surface area contributed by atoms with E-state index < -0.39 is 0 Å². The van der Waals surface area contributed by atoms with Gasteiger partial charge in [-0.25, -0.2) is 4.39 Å². The third kappa shape index (κ3) is 1.60. The summed E-state index contributed by atoms with van der Waals surface area (Å²) in [5.74, 6) is 0.603. The molecule has 0 radical (unpaired) electrons. The highest BCUT2D eigenvalue weighted by Crippen LogP contribution is 2.47. The van der Waals surface area contributed by atoms with Gasteiger partial charge in [0.2, 0.25) is 0 Å². The molecule has 2 atom stereocenters. The third-order valence-electron chi connectivity index (χ3n) is 2.76. The van der Waals surface area contributed by atoms with Crippen molar-refractivity contribution in [3.8, 4) is 5.75 Å². The molecule has 0 heterocycles. The van der Waals surface area contributed by atoms with Crippen LogP contribution in [0, 0.1) is 11.7 Å². The van der Waals surface area contributed by atoms with Gasteiger partial charge in [0.25, 0.3) is 0 Å². The van der Waals surface area contributed by atoms with Crippen LogP contribution in [0.25, 0.3) is 0 Å². The quantitative estimate of drug-likeness (QED) is 0.800. The minimum atomic E-state index is -0.325. The Morgan fingerprint density at radius 3 is 2.86 bits per heavy atom. The van der Waals surface area contributed by atoms with Crippen molar-refractivity contribution in [2.24, 2.45) is 5.92 Å². The van der Waals surface area contributed by atoms with Crippen LogP contribution in [0.1, 0.15) is 17.9 Å². The van der Waals surface area contributed by atoms with Gasteiger partial charge in [-0.2, -0.15) is 0 Å².